The molecule has 0 spiro atoms. The molecule has 124 valence electrons. The van der Waals surface area contributed by atoms with Crippen molar-refractivity contribution in [2.24, 2.45) is 7.05 Å². The highest BCUT2D eigenvalue weighted by molar-refractivity contribution is 7.71. The highest BCUT2D eigenvalue weighted by Gasteiger charge is 2.26. The minimum absolute atomic E-state index is 0.264. The van der Waals surface area contributed by atoms with Gasteiger partial charge in [0.15, 0.2) is 12.5 Å². The van der Waals surface area contributed by atoms with Crippen LogP contribution in [0.15, 0.2) is 24.3 Å². The fourth-order valence-electron chi connectivity index (χ4n) is 3.51. The zero-order valence-corrected chi connectivity index (χ0v) is 14.6. The van der Waals surface area contributed by atoms with Gasteiger partial charge >= 0.3 is 0 Å². The summed E-state index contributed by atoms with van der Waals surface area (Å²) < 4.78 is 18.4. The highest BCUT2D eigenvalue weighted by atomic mass is 32.1. The van der Waals surface area contributed by atoms with Crippen LogP contribution in [0, 0.1) is 10.6 Å². The zero-order chi connectivity index (χ0) is 16.4. The maximum atomic E-state index is 14.1. The third-order valence-electron chi connectivity index (χ3n) is 4.88. The number of aromatic nitrogens is 3. The number of nitrogens with one attached hydrogen (secondary N) is 1. The molecule has 0 radical (unpaired) electrons. The lowest BCUT2D eigenvalue weighted by Crippen LogP contribution is -3.15. The van der Waals surface area contributed by atoms with Gasteiger partial charge in [-0.2, -0.15) is 4.68 Å². The predicted molar refractivity (Wildman–Crippen MR) is 91.2 cm³/mol. The van der Waals surface area contributed by atoms with Gasteiger partial charge in [0.05, 0.1) is 18.2 Å². The molecule has 1 aliphatic rings. The van der Waals surface area contributed by atoms with Crippen LogP contribution in [0.3, 0.4) is 0 Å². The molecule has 2 atom stereocenters. The van der Waals surface area contributed by atoms with Crippen molar-refractivity contribution in [1.29, 1.82) is 0 Å². The molecule has 4 nitrogen and oxygen atoms in total. The fourth-order valence-corrected chi connectivity index (χ4v) is 3.70. The van der Waals surface area contributed by atoms with Crippen LogP contribution in [-0.4, -0.2) is 26.9 Å². The minimum Gasteiger partial charge on any atom is -0.314 e. The van der Waals surface area contributed by atoms with E-state index < -0.39 is 0 Å². The van der Waals surface area contributed by atoms with E-state index in [2.05, 4.69) is 12.0 Å². The van der Waals surface area contributed by atoms with Crippen molar-refractivity contribution in [1.82, 2.24) is 14.3 Å². The van der Waals surface area contributed by atoms with Gasteiger partial charge in [0.2, 0.25) is 4.77 Å². The summed E-state index contributed by atoms with van der Waals surface area (Å²) >= 11 is 5.53. The summed E-state index contributed by atoms with van der Waals surface area (Å²) in [5.74, 6) is 0.331. The highest BCUT2D eigenvalue weighted by Crippen LogP contribution is 2.20. The van der Waals surface area contributed by atoms with Gasteiger partial charge in [-0.05, 0) is 50.0 Å². The van der Waals surface area contributed by atoms with Crippen LogP contribution in [0.2, 0.25) is 0 Å². The average Bonchev–Trinajstić information content (AvgIpc) is 2.84. The van der Waals surface area contributed by atoms with Crippen molar-refractivity contribution >= 4 is 12.2 Å². The van der Waals surface area contributed by atoms with Crippen LogP contribution in [0.4, 0.5) is 4.39 Å². The molecule has 0 amide bonds. The molecule has 0 saturated carbocycles. The van der Waals surface area contributed by atoms with Crippen molar-refractivity contribution in [2.45, 2.75) is 45.3 Å². The summed E-state index contributed by atoms with van der Waals surface area (Å²) in [6, 6.07) is 7.39. The Morgan fingerprint density at radius 2 is 2.13 bits per heavy atom. The van der Waals surface area contributed by atoms with Crippen molar-refractivity contribution in [2.75, 3.05) is 6.54 Å². The normalized spacial score (nSPS) is 21.5. The fraction of sp³-hybridized carbons (Fsp3) is 0.529. The van der Waals surface area contributed by atoms with Crippen molar-refractivity contribution in [3.05, 3.63) is 34.9 Å². The molecule has 1 saturated heterocycles. The second-order valence-electron chi connectivity index (χ2n) is 6.31. The van der Waals surface area contributed by atoms with E-state index in [0.29, 0.717) is 22.2 Å². The molecule has 23 heavy (non-hydrogen) atoms. The molecular weight excluding hydrogens is 311 g/mol. The molecule has 3 rings (SSSR count). The molecule has 1 aromatic carbocycles. The topological polar surface area (TPSA) is 27.2 Å². The van der Waals surface area contributed by atoms with Gasteiger partial charge in [0.1, 0.15) is 5.82 Å². The number of hydrogen-bond acceptors (Lipinski definition) is 2. The Hall–Kier alpha value is -1.53. The van der Waals surface area contributed by atoms with E-state index in [9.17, 15) is 4.39 Å². The Balaban J connectivity index is 1.91. The first-order valence-electron chi connectivity index (χ1n) is 8.35. The number of quaternary nitrogens is 1. The van der Waals surface area contributed by atoms with Gasteiger partial charge in [-0.15, -0.1) is 5.10 Å². The minimum atomic E-state index is -0.264. The third-order valence-corrected chi connectivity index (χ3v) is 5.36. The Morgan fingerprint density at radius 1 is 1.35 bits per heavy atom. The number of halogens is 1. The maximum absolute atomic E-state index is 14.1. The van der Waals surface area contributed by atoms with Crippen molar-refractivity contribution < 1.29 is 9.29 Å². The SMILES string of the molecule is CC[C@H]1CCCC[NH+]1Cn1nc(-c2ccccc2F)n(C)c1=S. The first-order chi connectivity index (χ1) is 11.1. The van der Waals surface area contributed by atoms with Crippen LogP contribution in [-0.2, 0) is 13.7 Å². The predicted octanol–water partition coefficient (Wildman–Crippen LogP) is 2.56. The van der Waals surface area contributed by atoms with E-state index in [1.165, 1.54) is 36.6 Å². The Bertz CT molecular complexity index is 736. The second-order valence-corrected chi connectivity index (χ2v) is 6.68. The summed E-state index contributed by atoms with van der Waals surface area (Å²) in [6.07, 6.45) is 5.02. The standard InChI is InChI=1S/C17H23FN4S/c1-3-13-8-6-7-11-21(13)12-22-17(23)20(2)16(19-22)14-9-4-5-10-15(14)18/h4-5,9-10,13H,3,6-8,11-12H2,1-2H3/p+1/t13-/m0/s1. The first kappa shape index (κ1) is 16.3. The van der Waals surface area contributed by atoms with Crippen molar-refractivity contribution in [3.8, 4) is 11.4 Å². The first-order valence-corrected chi connectivity index (χ1v) is 8.76. The molecule has 1 unspecified atom stereocenters. The molecule has 2 heterocycles. The lowest BCUT2D eigenvalue weighted by Gasteiger charge is -2.31. The lowest BCUT2D eigenvalue weighted by atomic mass is 10.0. The van der Waals surface area contributed by atoms with Gasteiger partial charge in [-0.1, -0.05) is 19.1 Å². The number of piperidine rings is 1. The maximum Gasteiger partial charge on any atom is 0.202 e. The van der Waals surface area contributed by atoms with Gasteiger partial charge in [-0.3, -0.25) is 0 Å². The smallest absolute Gasteiger partial charge is 0.202 e. The van der Waals surface area contributed by atoms with Crippen molar-refractivity contribution in [3.63, 3.8) is 0 Å². The molecule has 1 fully saturated rings. The Labute approximate surface area is 141 Å². The molecule has 0 aliphatic carbocycles. The quantitative estimate of drug-likeness (QED) is 0.870. The molecular formula is C17H24FN4S+. The van der Waals surface area contributed by atoms with E-state index >= 15 is 0 Å². The summed E-state index contributed by atoms with van der Waals surface area (Å²) in [6.45, 7) is 4.17. The second kappa shape index (κ2) is 6.93. The zero-order valence-electron chi connectivity index (χ0n) is 13.8. The Kier molecular flexibility index (Phi) is 4.92. The van der Waals surface area contributed by atoms with Crippen LogP contribution < -0.4 is 4.90 Å². The van der Waals surface area contributed by atoms with E-state index in [0.717, 1.165) is 13.2 Å². The number of nitrogens with zero attached hydrogens (tertiary/aromatic N) is 3. The molecule has 2 aromatic rings. The van der Waals surface area contributed by atoms with Gasteiger partial charge in [-0.25, -0.2) is 4.39 Å². The molecule has 1 aromatic heterocycles. The average molecular weight is 335 g/mol. The molecule has 6 heteroatoms. The molecule has 1 aliphatic heterocycles. The number of hydrogen-bond donors (Lipinski definition) is 1. The van der Waals surface area contributed by atoms with Gasteiger partial charge in [0.25, 0.3) is 0 Å². The number of benzene rings is 1. The number of likely N-dealkylation sites (tertiary alicyclic amines) is 1. The largest absolute Gasteiger partial charge is 0.314 e. The van der Waals surface area contributed by atoms with E-state index in [1.807, 2.05) is 17.8 Å². The Morgan fingerprint density at radius 3 is 2.87 bits per heavy atom. The van der Waals surface area contributed by atoms with Gasteiger partial charge < -0.3 is 9.47 Å². The third kappa shape index (κ3) is 3.23. The van der Waals surface area contributed by atoms with Crippen LogP contribution in [0.5, 0.6) is 0 Å². The lowest BCUT2D eigenvalue weighted by molar-refractivity contribution is -0.953. The molecule has 0 bridgehead atoms. The van der Waals surface area contributed by atoms with Crippen LogP contribution in [0.1, 0.15) is 32.6 Å². The molecule has 1 N–H and O–H groups in total. The summed E-state index contributed by atoms with van der Waals surface area (Å²) in [7, 11) is 1.86. The van der Waals surface area contributed by atoms with E-state index in [1.54, 1.807) is 16.7 Å². The van der Waals surface area contributed by atoms with Gasteiger partial charge in [0, 0.05) is 7.05 Å². The van der Waals surface area contributed by atoms with Crippen LogP contribution >= 0.6 is 12.2 Å². The summed E-state index contributed by atoms with van der Waals surface area (Å²) in [5.41, 5.74) is 0.500. The monoisotopic (exact) mass is 335 g/mol. The summed E-state index contributed by atoms with van der Waals surface area (Å²) in [4.78, 5) is 1.54. The van der Waals surface area contributed by atoms with E-state index in [4.69, 9.17) is 12.2 Å². The number of rotatable bonds is 4. The van der Waals surface area contributed by atoms with E-state index in [-0.39, 0.29) is 5.82 Å². The summed E-state index contributed by atoms with van der Waals surface area (Å²) in [5, 5.41) is 4.62. The van der Waals surface area contributed by atoms with Crippen LogP contribution in [0.25, 0.3) is 11.4 Å².